The van der Waals surface area contributed by atoms with E-state index in [0.29, 0.717) is 5.69 Å². The second-order valence-electron chi connectivity index (χ2n) is 4.98. The highest BCUT2D eigenvalue weighted by atomic mass is 35.5. The van der Waals surface area contributed by atoms with Gasteiger partial charge in [0.1, 0.15) is 11.3 Å². The molecule has 2 rings (SSSR count). The zero-order chi connectivity index (χ0) is 19.1. The van der Waals surface area contributed by atoms with E-state index >= 15 is 0 Å². The van der Waals surface area contributed by atoms with Crippen LogP contribution in [0.2, 0.25) is 10.0 Å². The molecule has 0 atom stereocenters. The first-order chi connectivity index (χ1) is 12.4. The Morgan fingerprint density at radius 1 is 1.00 bits per heavy atom. The number of benzene rings is 2. The Bertz CT molecular complexity index is 842. The maximum absolute atomic E-state index is 12.1. The molecule has 0 bridgehead atoms. The Morgan fingerprint density at radius 3 is 2.46 bits per heavy atom. The van der Waals surface area contributed by atoms with Crippen LogP contribution in [0.1, 0.15) is 10.4 Å². The minimum atomic E-state index is -0.794. The van der Waals surface area contributed by atoms with Gasteiger partial charge in [-0.2, -0.15) is 0 Å². The highest BCUT2D eigenvalue weighted by Gasteiger charge is 2.16. The molecule has 0 unspecified atom stereocenters. The molecule has 0 aliphatic rings. The van der Waals surface area contributed by atoms with E-state index in [-0.39, 0.29) is 21.4 Å². The average molecular weight is 397 g/mol. The number of hydrogen-bond acceptors (Lipinski definition) is 5. The van der Waals surface area contributed by atoms with Crippen LogP contribution in [0.4, 0.5) is 5.69 Å². The van der Waals surface area contributed by atoms with Crippen LogP contribution in [0.15, 0.2) is 42.5 Å². The summed E-state index contributed by atoms with van der Waals surface area (Å²) in [7, 11) is 0. The van der Waals surface area contributed by atoms with E-state index in [1.165, 1.54) is 12.1 Å². The van der Waals surface area contributed by atoms with E-state index in [1.54, 1.807) is 30.3 Å². The second-order valence-corrected chi connectivity index (χ2v) is 5.76. The van der Waals surface area contributed by atoms with E-state index < -0.39 is 31.0 Å². The first kappa shape index (κ1) is 19.6. The maximum atomic E-state index is 12.1. The molecule has 0 spiro atoms. The number of ether oxygens (including phenoxy) is 2. The van der Waals surface area contributed by atoms with Gasteiger partial charge in [0.2, 0.25) is 0 Å². The zero-order valence-electron chi connectivity index (χ0n) is 13.3. The van der Waals surface area contributed by atoms with Crippen molar-refractivity contribution in [1.82, 2.24) is 0 Å². The lowest BCUT2D eigenvalue weighted by Gasteiger charge is -2.11. The quantitative estimate of drug-likeness (QED) is 0.699. The number of nitrogens with two attached hydrogens (primary N) is 1. The largest absolute Gasteiger partial charge is 0.483 e. The lowest BCUT2D eigenvalue weighted by atomic mass is 10.2. The number of anilines is 1. The molecule has 136 valence electrons. The van der Waals surface area contributed by atoms with Crippen molar-refractivity contribution in [3.05, 3.63) is 58.1 Å². The fourth-order valence-electron chi connectivity index (χ4n) is 1.91. The number of nitrogens with one attached hydrogen (secondary N) is 1. The first-order valence-electron chi connectivity index (χ1n) is 7.29. The fourth-order valence-corrected chi connectivity index (χ4v) is 2.25. The van der Waals surface area contributed by atoms with Crippen LogP contribution in [-0.2, 0) is 14.3 Å². The van der Waals surface area contributed by atoms with E-state index in [9.17, 15) is 14.4 Å². The summed E-state index contributed by atoms with van der Waals surface area (Å²) in [5, 5.41) is 2.95. The molecule has 0 fully saturated rings. The van der Waals surface area contributed by atoms with Gasteiger partial charge in [-0.3, -0.25) is 9.59 Å². The monoisotopic (exact) mass is 396 g/mol. The lowest BCUT2D eigenvalue weighted by molar-refractivity contribution is -0.120. The number of amides is 2. The summed E-state index contributed by atoms with van der Waals surface area (Å²) in [4.78, 5) is 34.9. The van der Waals surface area contributed by atoms with Crippen molar-refractivity contribution >= 4 is 46.7 Å². The summed E-state index contributed by atoms with van der Waals surface area (Å²) in [6, 6.07) is 10.8. The minimum absolute atomic E-state index is 0.0577. The lowest BCUT2D eigenvalue weighted by Crippen LogP contribution is -2.23. The third-order valence-corrected chi connectivity index (χ3v) is 3.86. The van der Waals surface area contributed by atoms with Crippen LogP contribution in [0, 0.1) is 0 Å². The zero-order valence-corrected chi connectivity index (χ0v) is 14.8. The van der Waals surface area contributed by atoms with Gasteiger partial charge in [-0.1, -0.05) is 41.4 Å². The minimum Gasteiger partial charge on any atom is -0.483 e. The van der Waals surface area contributed by atoms with E-state index in [4.69, 9.17) is 38.4 Å². The molecular weight excluding hydrogens is 383 g/mol. The molecule has 3 N–H and O–H groups in total. The summed E-state index contributed by atoms with van der Waals surface area (Å²) in [5.41, 5.74) is 5.36. The molecule has 0 saturated heterocycles. The standard InChI is InChI=1S/C17H14Cl2N2O5/c18-11-5-3-6-12(16(11)19)21-15(23)9-26-17(24)10-4-1-2-7-13(10)25-8-14(20)22/h1-7H,8-9H2,(H2,20,22)(H,21,23). The Balaban J connectivity index is 1.97. The summed E-state index contributed by atoms with van der Waals surface area (Å²) in [6.07, 6.45) is 0. The van der Waals surface area contributed by atoms with Gasteiger partial charge in [0.25, 0.3) is 11.8 Å². The van der Waals surface area contributed by atoms with Gasteiger partial charge < -0.3 is 20.5 Å². The van der Waals surface area contributed by atoms with Gasteiger partial charge in [-0.05, 0) is 24.3 Å². The molecule has 26 heavy (non-hydrogen) atoms. The van der Waals surface area contributed by atoms with Crippen LogP contribution < -0.4 is 15.8 Å². The molecule has 2 aromatic carbocycles. The maximum Gasteiger partial charge on any atom is 0.342 e. The van der Waals surface area contributed by atoms with Crippen molar-refractivity contribution < 1.29 is 23.9 Å². The Morgan fingerprint density at radius 2 is 1.73 bits per heavy atom. The molecule has 2 amide bonds. The second kappa shape index (κ2) is 9.07. The Kier molecular flexibility index (Phi) is 6.82. The Labute approximate surface area is 159 Å². The highest BCUT2D eigenvalue weighted by Crippen LogP contribution is 2.29. The third-order valence-electron chi connectivity index (χ3n) is 3.04. The predicted octanol–water partition coefficient (Wildman–Crippen LogP) is 2.65. The van der Waals surface area contributed by atoms with Crippen molar-refractivity contribution in [3.63, 3.8) is 0 Å². The molecule has 0 aliphatic heterocycles. The summed E-state index contributed by atoms with van der Waals surface area (Å²) in [5.74, 6) is -1.96. The molecule has 0 saturated carbocycles. The van der Waals surface area contributed by atoms with E-state index in [1.807, 2.05) is 0 Å². The van der Waals surface area contributed by atoms with E-state index in [2.05, 4.69) is 5.32 Å². The van der Waals surface area contributed by atoms with Crippen LogP contribution in [-0.4, -0.2) is 31.0 Å². The molecule has 7 nitrogen and oxygen atoms in total. The number of halogens is 2. The number of esters is 1. The SMILES string of the molecule is NC(=O)COc1ccccc1C(=O)OCC(=O)Nc1cccc(Cl)c1Cl. The molecule has 9 heteroatoms. The molecule has 0 heterocycles. The number of rotatable bonds is 7. The van der Waals surface area contributed by atoms with Gasteiger partial charge >= 0.3 is 5.97 Å². The number of hydrogen-bond donors (Lipinski definition) is 2. The van der Waals surface area contributed by atoms with Crippen molar-refractivity contribution in [2.24, 2.45) is 5.73 Å². The smallest absolute Gasteiger partial charge is 0.342 e. The van der Waals surface area contributed by atoms with Crippen molar-refractivity contribution in [2.75, 3.05) is 18.5 Å². The first-order valence-corrected chi connectivity index (χ1v) is 8.05. The number of carbonyl (C=O) groups excluding carboxylic acids is 3. The summed E-state index contributed by atoms with van der Waals surface area (Å²) < 4.78 is 10.1. The van der Waals surface area contributed by atoms with Gasteiger partial charge in [0.15, 0.2) is 13.2 Å². The van der Waals surface area contributed by atoms with Crippen LogP contribution >= 0.6 is 23.2 Å². The van der Waals surface area contributed by atoms with Gasteiger partial charge in [0, 0.05) is 0 Å². The average Bonchev–Trinajstić information content (AvgIpc) is 2.62. The molecular formula is C17H14Cl2N2O5. The van der Waals surface area contributed by atoms with Crippen molar-refractivity contribution in [2.45, 2.75) is 0 Å². The van der Waals surface area contributed by atoms with Crippen LogP contribution in [0.5, 0.6) is 5.75 Å². The predicted molar refractivity (Wildman–Crippen MR) is 96.5 cm³/mol. The van der Waals surface area contributed by atoms with Gasteiger partial charge in [-0.15, -0.1) is 0 Å². The van der Waals surface area contributed by atoms with Crippen molar-refractivity contribution in [1.29, 1.82) is 0 Å². The molecule has 0 aliphatic carbocycles. The number of primary amides is 1. The molecule has 2 aromatic rings. The van der Waals surface area contributed by atoms with Crippen LogP contribution in [0.25, 0.3) is 0 Å². The van der Waals surface area contributed by atoms with Gasteiger partial charge in [-0.25, -0.2) is 4.79 Å². The number of para-hydroxylation sites is 1. The van der Waals surface area contributed by atoms with Gasteiger partial charge in [0.05, 0.1) is 15.7 Å². The summed E-state index contributed by atoms with van der Waals surface area (Å²) in [6.45, 7) is -0.941. The molecule has 0 aromatic heterocycles. The van der Waals surface area contributed by atoms with E-state index in [0.717, 1.165) is 0 Å². The highest BCUT2D eigenvalue weighted by molar-refractivity contribution is 6.44. The summed E-state index contributed by atoms with van der Waals surface area (Å²) >= 11 is 11.8. The molecule has 0 radical (unpaired) electrons. The van der Waals surface area contributed by atoms with Crippen molar-refractivity contribution in [3.8, 4) is 5.75 Å². The number of carbonyl (C=O) groups is 3. The third kappa shape index (κ3) is 5.37. The van der Waals surface area contributed by atoms with Crippen LogP contribution in [0.3, 0.4) is 0 Å². The Hall–Kier alpha value is -2.77. The fraction of sp³-hybridized carbons (Fsp3) is 0.118. The normalized spacial score (nSPS) is 10.1. The topological polar surface area (TPSA) is 108 Å².